The number of carbonyl (C=O) groups excluding carboxylic acids is 2. The first kappa shape index (κ1) is 16.3. The molecule has 0 amide bonds. The van der Waals surface area contributed by atoms with E-state index in [1.807, 2.05) is 12.1 Å². The van der Waals surface area contributed by atoms with Crippen LogP contribution in [0.2, 0.25) is 0 Å². The van der Waals surface area contributed by atoms with Gasteiger partial charge in [-0.05, 0) is 11.1 Å². The standard InChI is InChI=1S/C17H14N2O4/c18-19-15(14(21)11-20)17(22)23-16(12-7-3-1-4-8-12)13-9-5-2-6-10-13/h1-10,16,20H,11H2. The number of benzene rings is 2. The van der Waals surface area contributed by atoms with E-state index in [1.54, 1.807) is 48.5 Å². The number of rotatable bonds is 6. The number of ketones is 1. The van der Waals surface area contributed by atoms with E-state index in [0.29, 0.717) is 11.1 Å². The molecule has 1 N–H and O–H groups in total. The largest absolute Gasteiger partial charge is 0.444 e. The van der Waals surface area contributed by atoms with Crippen molar-refractivity contribution in [2.24, 2.45) is 0 Å². The van der Waals surface area contributed by atoms with Crippen molar-refractivity contribution in [1.82, 2.24) is 0 Å². The van der Waals surface area contributed by atoms with Crippen LogP contribution in [-0.2, 0) is 14.3 Å². The fourth-order valence-corrected chi connectivity index (χ4v) is 2.03. The Morgan fingerprint density at radius 1 is 1.00 bits per heavy atom. The van der Waals surface area contributed by atoms with Crippen LogP contribution in [0.1, 0.15) is 17.2 Å². The van der Waals surface area contributed by atoms with Crippen molar-refractivity contribution in [3.8, 4) is 0 Å². The average molecular weight is 310 g/mol. The number of Topliss-reactive ketones (excluding diaryl/α,β-unsaturated/α-hetero) is 1. The van der Waals surface area contributed by atoms with Crippen LogP contribution in [0.4, 0.5) is 0 Å². The third kappa shape index (κ3) is 3.97. The second kappa shape index (κ2) is 7.79. The van der Waals surface area contributed by atoms with Gasteiger partial charge < -0.3 is 15.4 Å². The molecule has 6 heteroatoms. The molecule has 2 aromatic rings. The highest BCUT2D eigenvalue weighted by molar-refractivity contribution is 6.62. The van der Waals surface area contributed by atoms with Crippen LogP contribution in [0.5, 0.6) is 0 Å². The van der Waals surface area contributed by atoms with Gasteiger partial charge in [0.2, 0.25) is 0 Å². The third-order valence-electron chi connectivity index (χ3n) is 3.13. The van der Waals surface area contributed by atoms with Gasteiger partial charge in [-0.25, -0.2) is 4.79 Å². The van der Waals surface area contributed by atoms with Crippen LogP contribution >= 0.6 is 0 Å². The van der Waals surface area contributed by atoms with Crippen molar-refractivity contribution < 1.29 is 24.2 Å². The summed E-state index contributed by atoms with van der Waals surface area (Å²) in [6, 6.07) is 17.9. The normalized spacial score (nSPS) is 10.0. The first-order valence-electron chi connectivity index (χ1n) is 6.84. The molecule has 0 fully saturated rings. The summed E-state index contributed by atoms with van der Waals surface area (Å²) < 4.78 is 5.34. The van der Waals surface area contributed by atoms with Gasteiger partial charge in [-0.1, -0.05) is 60.7 Å². The van der Waals surface area contributed by atoms with E-state index in [4.69, 9.17) is 15.4 Å². The van der Waals surface area contributed by atoms with E-state index in [9.17, 15) is 9.59 Å². The summed E-state index contributed by atoms with van der Waals surface area (Å²) in [6.45, 7) is -0.949. The maximum atomic E-state index is 12.1. The van der Waals surface area contributed by atoms with Crippen molar-refractivity contribution in [2.45, 2.75) is 6.10 Å². The lowest BCUT2D eigenvalue weighted by atomic mass is 10.0. The molecule has 2 rings (SSSR count). The second-order valence-corrected chi connectivity index (χ2v) is 4.64. The fraction of sp³-hybridized carbons (Fsp3) is 0.118. The molecule has 0 spiro atoms. The maximum absolute atomic E-state index is 12.1. The van der Waals surface area contributed by atoms with Crippen molar-refractivity contribution in [1.29, 1.82) is 0 Å². The fourth-order valence-electron chi connectivity index (χ4n) is 2.03. The van der Waals surface area contributed by atoms with Gasteiger partial charge in [0.15, 0.2) is 6.10 Å². The average Bonchev–Trinajstić information content (AvgIpc) is 2.61. The highest BCUT2D eigenvalue weighted by atomic mass is 16.5. The summed E-state index contributed by atoms with van der Waals surface area (Å²) in [7, 11) is 0. The minimum atomic E-state index is -1.11. The van der Waals surface area contributed by atoms with E-state index in [-0.39, 0.29) is 0 Å². The lowest BCUT2D eigenvalue weighted by molar-refractivity contribution is -0.146. The number of aliphatic hydroxyl groups is 1. The van der Waals surface area contributed by atoms with Gasteiger partial charge in [-0.15, -0.1) is 0 Å². The highest BCUT2D eigenvalue weighted by Gasteiger charge is 2.33. The van der Waals surface area contributed by atoms with Crippen molar-refractivity contribution in [3.05, 3.63) is 77.3 Å². The molecule has 2 aromatic carbocycles. The summed E-state index contributed by atoms with van der Waals surface area (Å²) >= 11 is 0. The van der Waals surface area contributed by atoms with E-state index >= 15 is 0 Å². The van der Waals surface area contributed by atoms with Crippen molar-refractivity contribution >= 4 is 17.5 Å². The van der Waals surface area contributed by atoms with Crippen LogP contribution in [0.15, 0.2) is 60.7 Å². The number of ether oxygens (including phenoxy) is 1. The van der Waals surface area contributed by atoms with Gasteiger partial charge in [-0.2, -0.15) is 4.79 Å². The summed E-state index contributed by atoms with van der Waals surface area (Å²) in [5, 5.41) is 8.80. The van der Waals surface area contributed by atoms with Gasteiger partial charge in [0.05, 0.1) is 0 Å². The molecule has 0 atom stereocenters. The molecule has 0 aliphatic carbocycles. The van der Waals surface area contributed by atoms with Crippen LogP contribution < -0.4 is 0 Å². The Bertz CT molecular complexity index is 698. The number of nitrogens with zero attached hydrogens (tertiary/aromatic N) is 2. The first-order chi connectivity index (χ1) is 11.2. The molecule has 0 saturated carbocycles. The molecule has 0 aliphatic heterocycles. The lowest BCUT2D eigenvalue weighted by Gasteiger charge is -2.17. The van der Waals surface area contributed by atoms with E-state index in [1.165, 1.54) is 0 Å². The SMILES string of the molecule is [N-]=[N+]=C(C(=O)CO)C(=O)OC(c1ccccc1)c1ccccc1. The molecule has 0 bridgehead atoms. The molecule has 0 aliphatic rings. The number of hydrogen-bond acceptors (Lipinski definition) is 4. The molecule has 0 unspecified atom stereocenters. The smallest absolute Gasteiger partial charge is 0.444 e. The maximum Gasteiger partial charge on any atom is 0.444 e. The Morgan fingerprint density at radius 2 is 1.48 bits per heavy atom. The molecular weight excluding hydrogens is 296 g/mol. The number of esters is 1. The van der Waals surface area contributed by atoms with Gasteiger partial charge >= 0.3 is 11.7 Å². The highest BCUT2D eigenvalue weighted by Crippen LogP contribution is 2.25. The Morgan fingerprint density at radius 3 is 1.87 bits per heavy atom. The minimum Gasteiger partial charge on any atom is -0.444 e. The van der Waals surface area contributed by atoms with Crippen LogP contribution in [0.25, 0.3) is 5.53 Å². The lowest BCUT2D eigenvalue weighted by Crippen LogP contribution is -2.30. The summed E-state index contributed by atoms with van der Waals surface area (Å²) in [5.74, 6) is -2.12. The van der Waals surface area contributed by atoms with E-state index in [2.05, 4.69) is 4.79 Å². The summed E-state index contributed by atoms with van der Waals surface area (Å²) in [6.07, 6.45) is -0.770. The number of aliphatic hydroxyl groups excluding tert-OH is 1. The molecule has 116 valence electrons. The van der Waals surface area contributed by atoms with Gasteiger partial charge in [-0.3, -0.25) is 4.79 Å². The van der Waals surface area contributed by atoms with Gasteiger partial charge in [0.25, 0.3) is 5.78 Å². The zero-order valence-electron chi connectivity index (χ0n) is 12.1. The molecule has 0 aromatic heterocycles. The van der Waals surface area contributed by atoms with Crippen molar-refractivity contribution in [3.63, 3.8) is 0 Å². The molecule has 0 saturated heterocycles. The molecular formula is C17H14N2O4. The Hall–Kier alpha value is -3.08. The van der Waals surface area contributed by atoms with Crippen LogP contribution in [0, 0.1) is 0 Å². The second-order valence-electron chi connectivity index (χ2n) is 4.64. The van der Waals surface area contributed by atoms with E-state index < -0.39 is 30.2 Å². The molecule has 0 heterocycles. The number of carbonyl (C=O) groups is 2. The summed E-state index contributed by atoms with van der Waals surface area (Å²) in [5.41, 5.74) is 9.35. The predicted octanol–water partition coefficient (Wildman–Crippen LogP) is 1.55. The van der Waals surface area contributed by atoms with Crippen LogP contribution in [-0.4, -0.2) is 34.0 Å². The predicted molar refractivity (Wildman–Crippen MR) is 81.5 cm³/mol. The topological polar surface area (TPSA) is 100 Å². The monoisotopic (exact) mass is 310 g/mol. The Labute approximate surface area is 132 Å². The van der Waals surface area contributed by atoms with Gasteiger partial charge in [0, 0.05) is 0 Å². The quantitative estimate of drug-likeness (QED) is 0.287. The van der Waals surface area contributed by atoms with E-state index in [0.717, 1.165) is 0 Å². The Balaban J connectivity index is 2.35. The molecule has 23 heavy (non-hydrogen) atoms. The Kier molecular flexibility index (Phi) is 5.52. The zero-order chi connectivity index (χ0) is 16.7. The molecule has 0 radical (unpaired) electrons. The zero-order valence-corrected chi connectivity index (χ0v) is 12.1. The number of hydrogen-bond donors (Lipinski definition) is 1. The van der Waals surface area contributed by atoms with Crippen LogP contribution in [0.3, 0.4) is 0 Å². The first-order valence-corrected chi connectivity index (χ1v) is 6.84. The summed E-state index contributed by atoms with van der Waals surface area (Å²) in [4.78, 5) is 26.1. The minimum absolute atomic E-state index is 0.695. The van der Waals surface area contributed by atoms with Gasteiger partial charge in [0.1, 0.15) is 6.61 Å². The third-order valence-corrected chi connectivity index (χ3v) is 3.13. The molecule has 6 nitrogen and oxygen atoms in total. The van der Waals surface area contributed by atoms with Crippen molar-refractivity contribution in [2.75, 3.05) is 6.61 Å².